The highest BCUT2D eigenvalue weighted by Gasteiger charge is 2.50. The van der Waals surface area contributed by atoms with Gasteiger partial charge in [0.1, 0.15) is 10.3 Å². The number of fused-ring (bicyclic) bond motifs is 2. The second-order valence-corrected chi connectivity index (χ2v) is 12.4. The molecule has 1 fully saturated rings. The first kappa shape index (κ1) is 21.2. The van der Waals surface area contributed by atoms with Gasteiger partial charge in [-0.05, 0) is 67.1 Å². The molecule has 6 nitrogen and oxygen atoms in total. The Hall–Kier alpha value is -1.61. The van der Waals surface area contributed by atoms with Crippen molar-refractivity contribution >= 4 is 38.6 Å². The van der Waals surface area contributed by atoms with E-state index in [1.165, 1.54) is 11.1 Å². The minimum Gasteiger partial charge on any atom is -0.598 e. The average Bonchev–Trinajstić information content (AvgIpc) is 3.26. The van der Waals surface area contributed by atoms with Crippen molar-refractivity contribution < 1.29 is 4.55 Å². The number of benzene rings is 1. The molecule has 164 valence electrons. The van der Waals surface area contributed by atoms with Crippen LogP contribution in [0.4, 0.5) is 5.82 Å². The van der Waals surface area contributed by atoms with Crippen molar-refractivity contribution in [1.29, 1.82) is 0 Å². The maximum atomic E-state index is 13.1. The fraction of sp³-hybridized carbons (Fsp3) is 0.478. The van der Waals surface area contributed by atoms with Crippen LogP contribution >= 0.6 is 15.9 Å². The van der Waals surface area contributed by atoms with E-state index in [1.807, 2.05) is 43.8 Å². The van der Waals surface area contributed by atoms with Crippen LogP contribution in [0.5, 0.6) is 0 Å². The first-order valence-electron chi connectivity index (χ1n) is 10.8. The standard InChI is InChI=1S/C23H28BrN5OS/c1-22(2,3)31(30)27-19-17-7-5-4-6-16(17)14-23(19)8-11-28(12-9-23)20-18-15-26-21(24)29(18)13-10-25-20/h4-7,10,13,15,19,27H,8-9,11-12,14H2,1-3H3/t19-,31?/m1/s1. The Morgan fingerprint density at radius 2 is 1.94 bits per heavy atom. The molecule has 3 aromatic rings. The number of hydrogen-bond donors (Lipinski definition) is 1. The highest BCUT2D eigenvalue weighted by atomic mass is 79.9. The van der Waals surface area contributed by atoms with Crippen LogP contribution in [0, 0.1) is 5.41 Å². The van der Waals surface area contributed by atoms with Gasteiger partial charge in [0, 0.05) is 42.3 Å². The van der Waals surface area contributed by atoms with Crippen LogP contribution in [-0.4, -0.2) is 36.8 Å². The third kappa shape index (κ3) is 3.67. The number of imidazole rings is 1. The number of halogens is 1. The van der Waals surface area contributed by atoms with Crippen LogP contribution in [0.1, 0.15) is 50.8 Å². The molecule has 1 aromatic carbocycles. The Kier molecular flexibility index (Phi) is 5.32. The molecule has 1 aliphatic heterocycles. The van der Waals surface area contributed by atoms with Crippen LogP contribution < -0.4 is 9.62 Å². The van der Waals surface area contributed by atoms with E-state index in [-0.39, 0.29) is 16.2 Å². The first-order chi connectivity index (χ1) is 14.8. The van der Waals surface area contributed by atoms with Gasteiger partial charge in [-0.2, -0.15) is 0 Å². The lowest BCUT2D eigenvalue weighted by atomic mass is 9.73. The molecule has 2 aliphatic rings. The molecule has 3 heterocycles. The molecule has 2 atom stereocenters. The Bertz CT molecular complexity index is 1100. The van der Waals surface area contributed by atoms with Gasteiger partial charge in [0.15, 0.2) is 10.6 Å². The van der Waals surface area contributed by atoms with Crippen molar-refractivity contribution in [2.45, 2.75) is 50.8 Å². The molecule has 0 amide bonds. The lowest BCUT2D eigenvalue weighted by molar-refractivity contribution is 0.176. The summed E-state index contributed by atoms with van der Waals surface area (Å²) >= 11 is 2.39. The number of nitrogens with one attached hydrogen (secondary N) is 1. The van der Waals surface area contributed by atoms with Crippen LogP contribution in [-0.2, 0) is 17.8 Å². The van der Waals surface area contributed by atoms with Crippen molar-refractivity contribution in [2.24, 2.45) is 5.41 Å². The number of nitrogens with zero attached hydrogens (tertiary/aromatic N) is 4. The molecular weight excluding hydrogens is 474 g/mol. The van der Waals surface area contributed by atoms with Crippen LogP contribution in [0.3, 0.4) is 0 Å². The van der Waals surface area contributed by atoms with E-state index in [9.17, 15) is 4.55 Å². The molecule has 1 saturated heterocycles. The SMILES string of the molecule is CC(C)(C)[S+]([O-])N[C@@H]1c2ccccc2CC12CCN(c1nccn3c(Br)ncc13)CC2. The zero-order valence-electron chi connectivity index (χ0n) is 18.1. The van der Waals surface area contributed by atoms with Crippen LogP contribution in [0.25, 0.3) is 5.52 Å². The molecule has 1 N–H and O–H groups in total. The molecule has 0 bridgehead atoms. The van der Waals surface area contributed by atoms with E-state index in [0.29, 0.717) is 0 Å². The van der Waals surface area contributed by atoms with Crippen molar-refractivity contribution in [3.8, 4) is 0 Å². The molecule has 1 spiro atoms. The molecule has 5 rings (SSSR count). The molecule has 1 aliphatic carbocycles. The zero-order chi connectivity index (χ0) is 21.8. The molecule has 1 unspecified atom stereocenters. The van der Waals surface area contributed by atoms with Gasteiger partial charge in [0.25, 0.3) is 0 Å². The third-order valence-electron chi connectivity index (χ3n) is 6.75. The highest BCUT2D eigenvalue weighted by molar-refractivity contribution is 9.10. The quantitative estimate of drug-likeness (QED) is 0.537. The zero-order valence-corrected chi connectivity index (χ0v) is 20.5. The summed E-state index contributed by atoms with van der Waals surface area (Å²) in [4.78, 5) is 11.4. The fourth-order valence-electron chi connectivity index (χ4n) is 5.02. The number of anilines is 1. The predicted molar refractivity (Wildman–Crippen MR) is 128 cm³/mol. The summed E-state index contributed by atoms with van der Waals surface area (Å²) in [6.07, 6.45) is 8.72. The van der Waals surface area contributed by atoms with Gasteiger partial charge < -0.3 is 9.45 Å². The second-order valence-electron chi connectivity index (χ2n) is 9.69. The summed E-state index contributed by atoms with van der Waals surface area (Å²) in [5.74, 6) is 0.980. The minimum atomic E-state index is -1.12. The van der Waals surface area contributed by atoms with E-state index in [4.69, 9.17) is 0 Å². The molecule has 31 heavy (non-hydrogen) atoms. The van der Waals surface area contributed by atoms with Gasteiger partial charge >= 0.3 is 0 Å². The number of aromatic nitrogens is 3. The summed E-state index contributed by atoms with van der Waals surface area (Å²) in [7, 11) is 0. The van der Waals surface area contributed by atoms with E-state index in [1.54, 1.807) is 0 Å². The van der Waals surface area contributed by atoms with E-state index in [0.717, 1.165) is 48.4 Å². The second kappa shape index (κ2) is 7.76. The molecule has 0 radical (unpaired) electrons. The molecule has 0 saturated carbocycles. The Morgan fingerprint density at radius 1 is 1.19 bits per heavy atom. The Balaban J connectivity index is 1.42. The normalized spacial score (nSPS) is 21.6. The van der Waals surface area contributed by atoms with E-state index >= 15 is 0 Å². The van der Waals surface area contributed by atoms with Crippen molar-refractivity contribution in [2.75, 3.05) is 18.0 Å². The van der Waals surface area contributed by atoms with Gasteiger partial charge in [-0.25, -0.2) is 9.97 Å². The summed E-state index contributed by atoms with van der Waals surface area (Å²) in [6, 6.07) is 8.77. The van der Waals surface area contributed by atoms with E-state index in [2.05, 4.69) is 59.8 Å². The molecule has 8 heteroatoms. The lowest BCUT2D eigenvalue weighted by Crippen LogP contribution is -2.49. The van der Waals surface area contributed by atoms with Gasteiger partial charge in [-0.1, -0.05) is 24.3 Å². The van der Waals surface area contributed by atoms with E-state index < -0.39 is 11.4 Å². The maximum absolute atomic E-state index is 13.1. The highest BCUT2D eigenvalue weighted by Crippen LogP contribution is 2.53. The number of rotatable bonds is 3. The average molecular weight is 502 g/mol. The first-order valence-corrected chi connectivity index (χ1v) is 12.7. The molecular formula is C23H28BrN5OS. The summed E-state index contributed by atoms with van der Waals surface area (Å²) in [5.41, 5.74) is 3.80. The Labute approximate surface area is 194 Å². The minimum absolute atomic E-state index is 0.0764. The van der Waals surface area contributed by atoms with Gasteiger partial charge in [0.2, 0.25) is 0 Å². The summed E-state index contributed by atoms with van der Waals surface area (Å²) in [5, 5.41) is 0. The maximum Gasteiger partial charge on any atom is 0.181 e. The third-order valence-corrected chi connectivity index (χ3v) is 8.90. The number of hydrogen-bond acceptors (Lipinski definition) is 5. The van der Waals surface area contributed by atoms with Gasteiger partial charge in [-0.3, -0.25) is 4.40 Å². The smallest absolute Gasteiger partial charge is 0.181 e. The van der Waals surface area contributed by atoms with Crippen LogP contribution in [0.15, 0.2) is 47.6 Å². The van der Waals surface area contributed by atoms with Crippen molar-refractivity contribution in [3.05, 3.63) is 58.7 Å². The summed E-state index contributed by atoms with van der Waals surface area (Å²) < 4.78 is 19.1. The number of piperidine rings is 1. The molecule has 2 aromatic heterocycles. The van der Waals surface area contributed by atoms with Crippen LogP contribution in [0.2, 0.25) is 0 Å². The fourth-order valence-corrected chi connectivity index (χ4v) is 6.37. The Morgan fingerprint density at radius 3 is 2.68 bits per heavy atom. The predicted octanol–water partition coefficient (Wildman–Crippen LogP) is 4.43. The van der Waals surface area contributed by atoms with Crippen molar-refractivity contribution in [1.82, 2.24) is 19.1 Å². The van der Waals surface area contributed by atoms with Crippen molar-refractivity contribution in [3.63, 3.8) is 0 Å². The lowest BCUT2D eigenvalue weighted by Gasteiger charge is -2.44. The monoisotopic (exact) mass is 501 g/mol. The van der Waals surface area contributed by atoms with Gasteiger partial charge in [-0.15, -0.1) is 4.72 Å². The summed E-state index contributed by atoms with van der Waals surface area (Å²) in [6.45, 7) is 7.93. The van der Waals surface area contributed by atoms with Gasteiger partial charge in [0.05, 0.1) is 12.2 Å². The largest absolute Gasteiger partial charge is 0.598 e. The topological polar surface area (TPSA) is 68.5 Å².